The number of para-hydroxylation sites is 1. The van der Waals surface area contributed by atoms with E-state index in [0.717, 1.165) is 12.0 Å². The number of hydrogen-bond acceptors (Lipinski definition) is 2. The minimum Gasteiger partial charge on any atom is -0.258 e. The van der Waals surface area contributed by atoms with Crippen molar-refractivity contribution in [1.29, 1.82) is 0 Å². The van der Waals surface area contributed by atoms with Gasteiger partial charge in [-0.15, -0.1) is 0 Å². The molecule has 0 fully saturated rings. The van der Waals surface area contributed by atoms with Gasteiger partial charge in [-0.25, -0.2) is 0 Å². The zero-order chi connectivity index (χ0) is 9.84. The lowest BCUT2D eigenvalue weighted by Crippen LogP contribution is -1.99. The van der Waals surface area contributed by atoms with E-state index in [-0.39, 0.29) is 10.6 Å². The summed E-state index contributed by atoms with van der Waals surface area (Å²) in [6.45, 7) is 4.10. The van der Waals surface area contributed by atoms with Crippen LogP contribution >= 0.6 is 0 Å². The second-order valence-electron chi connectivity index (χ2n) is 3.48. The van der Waals surface area contributed by atoms with E-state index in [2.05, 4.69) is 13.8 Å². The Bertz CT molecular complexity index is 308. The van der Waals surface area contributed by atoms with Crippen molar-refractivity contribution in [3.8, 4) is 0 Å². The summed E-state index contributed by atoms with van der Waals surface area (Å²) < 4.78 is 0. The summed E-state index contributed by atoms with van der Waals surface area (Å²) in [5.41, 5.74) is 1.05. The van der Waals surface area contributed by atoms with Crippen molar-refractivity contribution in [2.45, 2.75) is 20.3 Å². The molecule has 0 aliphatic rings. The van der Waals surface area contributed by atoms with Crippen LogP contribution in [0.4, 0.5) is 5.69 Å². The Balaban J connectivity index is 2.98. The van der Waals surface area contributed by atoms with Crippen LogP contribution in [-0.2, 0) is 6.42 Å². The Hall–Kier alpha value is -1.38. The van der Waals surface area contributed by atoms with E-state index in [0.29, 0.717) is 5.92 Å². The molecule has 0 radical (unpaired) electrons. The Morgan fingerprint density at radius 1 is 1.38 bits per heavy atom. The van der Waals surface area contributed by atoms with E-state index in [1.54, 1.807) is 12.1 Å². The summed E-state index contributed by atoms with van der Waals surface area (Å²) in [6.07, 6.45) is 0.761. The summed E-state index contributed by atoms with van der Waals surface area (Å²) in [5.74, 6) is 0.445. The molecular weight excluding hydrogens is 166 g/mol. The fourth-order valence-corrected chi connectivity index (χ4v) is 1.30. The van der Waals surface area contributed by atoms with Gasteiger partial charge in [0.25, 0.3) is 5.69 Å². The normalized spacial score (nSPS) is 10.4. The monoisotopic (exact) mass is 179 g/mol. The van der Waals surface area contributed by atoms with E-state index in [4.69, 9.17) is 0 Å². The van der Waals surface area contributed by atoms with Crippen LogP contribution < -0.4 is 0 Å². The highest BCUT2D eigenvalue weighted by Gasteiger charge is 2.12. The first-order valence-corrected chi connectivity index (χ1v) is 4.33. The fourth-order valence-electron chi connectivity index (χ4n) is 1.30. The quantitative estimate of drug-likeness (QED) is 0.529. The van der Waals surface area contributed by atoms with Gasteiger partial charge < -0.3 is 0 Å². The molecule has 0 aliphatic heterocycles. The van der Waals surface area contributed by atoms with Gasteiger partial charge in [0.2, 0.25) is 0 Å². The molecule has 0 amide bonds. The van der Waals surface area contributed by atoms with Crippen LogP contribution in [0.1, 0.15) is 19.4 Å². The number of hydrogen-bond donors (Lipinski definition) is 0. The first-order chi connectivity index (χ1) is 6.11. The van der Waals surface area contributed by atoms with Gasteiger partial charge in [0, 0.05) is 11.6 Å². The van der Waals surface area contributed by atoms with E-state index in [9.17, 15) is 10.1 Å². The minimum atomic E-state index is -0.322. The van der Waals surface area contributed by atoms with Gasteiger partial charge in [-0.3, -0.25) is 10.1 Å². The zero-order valence-corrected chi connectivity index (χ0v) is 7.86. The number of nitrogens with zero attached hydrogens (tertiary/aromatic N) is 1. The number of nitro groups is 1. The molecule has 0 atom stereocenters. The molecular formula is C10H13NO2. The third-order valence-corrected chi connectivity index (χ3v) is 1.82. The number of nitro benzene ring substituents is 1. The van der Waals surface area contributed by atoms with Gasteiger partial charge in [0.15, 0.2) is 0 Å². The SMILES string of the molecule is CC(C)Cc1ccccc1[N+](=O)[O-]. The van der Waals surface area contributed by atoms with Gasteiger partial charge in [0.05, 0.1) is 4.92 Å². The fraction of sp³-hybridized carbons (Fsp3) is 0.400. The van der Waals surface area contributed by atoms with Gasteiger partial charge in [-0.1, -0.05) is 32.0 Å². The maximum atomic E-state index is 10.6. The molecule has 0 unspecified atom stereocenters. The van der Waals surface area contributed by atoms with Gasteiger partial charge in [-0.2, -0.15) is 0 Å². The molecule has 0 aliphatic carbocycles. The van der Waals surface area contributed by atoms with Crippen LogP contribution in [0.5, 0.6) is 0 Å². The van der Waals surface area contributed by atoms with Gasteiger partial charge in [0.1, 0.15) is 0 Å². The predicted octanol–water partition coefficient (Wildman–Crippen LogP) is 2.79. The van der Waals surface area contributed by atoms with Crippen molar-refractivity contribution in [3.63, 3.8) is 0 Å². The molecule has 1 aromatic rings. The Morgan fingerprint density at radius 2 is 2.00 bits per heavy atom. The molecule has 1 rings (SSSR count). The summed E-state index contributed by atoms with van der Waals surface area (Å²) in [6, 6.07) is 6.91. The molecule has 0 heterocycles. The van der Waals surface area contributed by atoms with Crippen LogP contribution in [-0.4, -0.2) is 4.92 Å². The molecule has 0 bridgehead atoms. The molecule has 3 nitrogen and oxygen atoms in total. The molecule has 13 heavy (non-hydrogen) atoms. The molecule has 0 saturated heterocycles. The van der Waals surface area contributed by atoms with E-state index < -0.39 is 0 Å². The van der Waals surface area contributed by atoms with Crippen molar-refractivity contribution >= 4 is 5.69 Å². The second-order valence-corrected chi connectivity index (χ2v) is 3.48. The topological polar surface area (TPSA) is 43.1 Å². The van der Waals surface area contributed by atoms with Crippen LogP contribution in [0.3, 0.4) is 0 Å². The Kier molecular flexibility index (Phi) is 3.01. The maximum Gasteiger partial charge on any atom is 0.272 e. The average molecular weight is 179 g/mol. The van der Waals surface area contributed by atoms with Crippen LogP contribution in [0.25, 0.3) is 0 Å². The lowest BCUT2D eigenvalue weighted by Gasteiger charge is -2.04. The van der Waals surface area contributed by atoms with E-state index in [1.807, 2.05) is 12.1 Å². The minimum absolute atomic E-state index is 0.233. The summed E-state index contributed by atoms with van der Waals surface area (Å²) in [5, 5.41) is 10.6. The van der Waals surface area contributed by atoms with Gasteiger partial charge >= 0.3 is 0 Å². The van der Waals surface area contributed by atoms with Crippen molar-refractivity contribution in [2.75, 3.05) is 0 Å². The number of rotatable bonds is 3. The summed E-state index contributed by atoms with van der Waals surface area (Å²) in [7, 11) is 0. The summed E-state index contributed by atoms with van der Waals surface area (Å²) >= 11 is 0. The highest BCUT2D eigenvalue weighted by atomic mass is 16.6. The van der Waals surface area contributed by atoms with E-state index in [1.165, 1.54) is 0 Å². The maximum absolute atomic E-state index is 10.6. The molecule has 0 N–H and O–H groups in total. The molecule has 0 saturated carbocycles. The third kappa shape index (κ3) is 2.54. The largest absolute Gasteiger partial charge is 0.272 e. The lowest BCUT2D eigenvalue weighted by atomic mass is 10.0. The highest BCUT2D eigenvalue weighted by molar-refractivity contribution is 5.39. The average Bonchev–Trinajstić information content (AvgIpc) is 2.03. The second kappa shape index (κ2) is 4.03. The smallest absolute Gasteiger partial charge is 0.258 e. The number of benzene rings is 1. The van der Waals surface area contributed by atoms with E-state index >= 15 is 0 Å². The Morgan fingerprint density at radius 3 is 2.54 bits per heavy atom. The zero-order valence-electron chi connectivity index (χ0n) is 7.86. The van der Waals surface area contributed by atoms with Crippen molar-refractivity contribution in [1.82, 2.24) is 0 Å². The van der Waals surface area contributed by atoms with Crippen molar-refractivity contribution in [3.05, 3.63) is 39.9 Å². The van der Waals surface area contributed by atoms with Gasteiger partial charge in [-0.05, 0) is 12.3 Å². The predicted molar refractivity (Wildman–Crippen MR) is 51.6 cm³/mol. The molecule has 1 aromatic carbocycles. The van der Waals surface area contributed by atoms with Crippen molar-refractivity contribution < 1.29 is 4.92 Å². The molecule has 0 spiro atoms. The molecule has 3 heteroatoms. The standard InChI is InChI=1S/C10H13NO2/c1-8(2)7-9-5-3-4-6-10(9)11(12)13/h3-6,8H,7H2,1-2H3. The summed E-state index contributed by atoms with van der Waals surface area (Å²) in [4.78, 5) is 10.3. The first kappa shape index (κ1) is 9.71. The van der Waals surface area contributed by atoms with Crippen LogP contribution in [0.2, 0.25) is 0 Å². The van der Waals surface area contributed by atoms with Crippen LogP contribution in [0.15, 0.2) is 24.3 Å². The third-order valence-electron chi connectivity index (χ3n) is 1.82. The lowest BCUT2D eigenvalue weighted by molar-refractivity contribution is -0.385. The highest BCUT2D eigenvalue weighted by Crippen LogP contribution is 2.20. The Labute approximate surface area is 77.5 Å². The molecule has 70 valence electrons. The van der Waals surface area contributed by atoms with Crippen molar-refractivity contribution in [2.24, 2.45) is 5.92 Å². The van der Waals surface area contributed by atoms with Crippen LogP contribution in [0, 0.1) is 16.0 Å². The first-order valence-electron chi connectivity index (χ1n) is 4.33. The molecule has 0 aromatic heterocycles.